The average molecular weight is 478 g/mol. The average Bonchev–Trinajstić information content (AvgIpc) is 3.16. The van der Waals surface area contributed by atoms with Gasteiger partial charge < -0.3 is 4.90 Å². The van der Waals surface area contributed by atoms with Gasteiger partial charge in [0.1, 0.15) is 6.54 Å². The highest BCUT2D eigenvalue weighted by Gasteiger charge is 2.26. The van der Waals surface area contributed by atoms with Crippen molar-refractivity contribution in [1.29, 1.82) is 0 Å². The summed E-state index contributed by atoms with van der Waals surface area (Å²) in [5.74, 6) is 0. The maximum absolute atomic E-state index is 6.48. The fourth-order valence-corrected chi connectivity index (χ4v) is 5.86. The Labute approximate surface area is 203 Å². The second-order valence-electron chi connectivity index (χ2n) is 7.70. The molecule has 0 unspecified atom stereocenters. The normalized spacial score (nSPS) is 14.4. The predicted octanol–water partition coefficient (Wildman–Crippen LogP) is 8.05. The third-order valence-corrected chi connectivity index (χ3v) is 7.52. The van der Waals surface area contributed by atoms with Crippen LogP contribution in [0.2, 0.25) is 10.0 Å². The number of nitrogens with zero attached hydrogens (tertiary/aromatic N) is 2. The van der Waals surface area contributed by atoms with Gasteiger partial charge in [-0.3, -0.25) is 0 Å². The lowest BCUT2D eigenvalue weighted by Gasteiger charge is -2.19. The van der Waals surface area contributed by atoms with Crippen LogP contribution in [0.3, 0.4) is 0 Å². The van der Waals surface area contributed by atoms with Crippen LogP contribution < -0.4 is 9.47 Å². The van der Waals surface area contributed by atoms with Crippen LogP contribution in [0, 0.1) is 0 Å². The van der Waals surface area contributed by atoms with E-state index in [2.05, 4.69) is 84.0 Å². The third-order valence-electron chi connectivity index (χ3n) is 5.85. The van der Waals surface area contributed by atoms with Crippen LogP contribution in [0.25, 0.3) is 28.1 Å². The SMILES string of the molecule is CCN1/C(=C/c2ccc3ccccc3[n+]2CC)Sc2ccc(-c3cc(Cl)ccc3Cl)cc21. The Balaban J connectivity index is 1.58. The van der Waals surface area contributed by atoms with Gasteiger partial charge in [0.25, 0.3) is 0 Å². The molecule has 5 rings (SSSR count). The van der Waals surface area contributed by atoms with E-state index in [1.807, 2.05) is 30.0 Å². The van der Waals surface area contributed by atoms with Gasteiger partial charge in [-0.2, -0.15) is 4.57 Å². The van der Waals surface area contributed by atoms with Gasteiger partial charge in [0.05, 0.1) is 10.7 Å². The first kappa shape index (κ1) is 21.4. The van der Waals surface area contributed by atoms with Crippen molar-refractivity contribution in [2.24, 2.45) is 0 Å². The molecule has 0 saturated heterocycles. The molecule has 2 nitrogen and oxygen atoms in total. The molecule has 5 heteroatoms. The first-order valence-electron chi connectivity index (χ1n) is 10.8. The van der Waals surface area contributed by atoms with Crippen molar-refractivity contribution in [2.75, 3.05) is 11.4 Å². The van der Waals surface area contributed by atoms with Crippen molar-refractivity contribution in [3.05, 3.63) is 93.6 Å². The molecule has 0 fully saturated rings. The molecular formula is C27H23Cl2N2S+. The molecule has 0 amide bonds. The summed E-state index contributed by atoms with van der Waals surface area (Å²) in [7, 11) is 0. The van der Waals surface area contributed by atoms with E-state index < -0.39 is 0 Å². The fraction of sp³-hybridized carbons (Fsp3) is 0.148. The van der Waals surface area contributed by atoms with Gasteiger partial charge in [0.2, 0.25) is 11.2 Å². The minimum Gasteiger partial charge on any atom is -0.335 e. The van der Waals surface area contributed by atoms with Crippen LogP contribution in [0.15, 0.2) is 82.7 Å². The number of halogens is 2. The lowest BCUT2D eigenvalue weighted by atomic mass is 10.0. The first-order chi connectivity index (χ1) is 15.6. The molecule has 0 N–H and O–H groups in total. The monoisotopic (exact) mass is 477 g/mol. The molecule has 0 spiro atoms. The minimum absolute atomic E-state index is 0.688. The Morgan fingerprint density at radius 1 is 0.938 bits per heavy atom. The Bertz CT molecular complexity index is 1360. The summed E-state index contributed by atoms with van der Waals surface area (Å²) >= 11 is 14.5. The Morgan fingerprint density at radius 2 is 1.78 bits per heavy atom. The maximum atomic E-state index is 6.48. The highest BCUT2D eigenvalue weighted by atomic mass is 35.5. The fourth-order valence-electron chi connectivity index (χ4n) is 4.30. The van der Waals surface area contributed by atoms with E-state index in [9.17, 15) is 0 Å². The number of pyridine rings is 1. The molecule has 160 valence electrons. The first-order valence-corrected chi connectivity index (χ1v) is 12.3. The quantitative estimate of drug-likeness (QED) is 0.274. The number of rotatable bonds is 4. The van der Waals surface area contributed by atoms with Crippen molar-refractivity contribution >= 4 is 57.6 Å². The van der Waals surface area contributed by atoms with Crippen molar-refractivity contribution < 1.29 is 4.57 Å². The summed E-state index contributed by atoms with van der Waals surface area (Å²) in [6.45, 7) is 6.19. The molecular weight excluding hydrogens is 455 g/mol. The van der Waals surface area contributed by atoms with Gasteiger partial charge in [-0.1, -0.05) is 53.2 Å². The summed E-state index contributed by atoms with van der Waals surface area (Å²) in [5.41, 5.74) is 5.70. The minimum atomic E-state index is 0.688. The number of thioether (sulfide) groups is 1. The number of hydrogen-bond acceptors (Lipinski definition) is 2. The van der Waals surface area contributed by atoms with Crippen molar-refractivity contribution in [3.8, 4) is 11.1 Å². The smallest absolute Gasteiger partial charge is 0.212 e. The van der Waals surface area contributed by atoms with Crippen molar-refractivity contribution in [3.63, 3.8) is 0 Å². The number of anilines is 1. The molecule has 0 radical (unpaired) electrons. The van der Waals surface area contributed by atoms with Gasteiger partial charge in [-0.25, -0.2) is 0 Å². The predicted molar refractivity (Wildman–Crippen MR) is 139 cm³/mol. The van der Waals surface area contributed by atoms with Gasteiger partial charge in [-0.05, 0) is 61.9 Å². The maximum Gasteiger partial charge on any atom is 0.212 e. The summed E-state index contributed by atoms with van der Waals surface area (Å²) < 4.78 is 2.37. The van der Waals surface area contributed by atoms with E-state index in [1.54, 1.807) is 0 Å². The molecule has 0 atom stereocenters. The molecule has 2 heterocycles. The Hall–Kier alpha value is -2.46. The summed E-state index contributed by atoms with van der Waals surface area (Å²) in [6.07, 6.45) is 2.30. The van der Waals surface area contributed by atoms with Crippen LogP contribution in [0.4, 0.5) is 5.69 Å². The zero-order valence-corrected chi connectivity index (χ0v) is 20.3. The number of para-hydroxylation sites is 1. The summed E-state index contributed by atoms with van der Waals surface area (Å²) in [4.78, 5) is 3.63. The third kappa shape index (κ3) is 3.79. The second kappa shape index (κ2) is 8.82. The van der Waals surface area contributed by atoms with Crippen LogP contribution in [0.1, 0.15) is 19.5 Å². The van der Waals surface area contributed by atoms with Gasteiger partial charge in [0, 0.05) is 50.6 Å². The molecule has 4 aromatic rings. The molecule has 1 aromatic heterocycles. The lowest BCUT2D eigenvalue weighted by molar-refractivity contribution is -0.669. The summed E-state index contributed by atoms with van der Waals surface area (Å²) in [6, 6.07) is 25.1. The van der Waals surface area contributed by atoms with E-state index in [-0.39, 0.29) is 0 Å². The Morgan fingerprint density at radius 3 is 2.59 bits per heavy atom. The van der Waals surface area contributed by atoms with Gasteiger partial charge in [-0.15, -0.1) is 0 Å². The Kier molecular flexibility index (Phi) is 5.90. The van der Waals surface area contributed by atoms with E-state index in [0.717, 1.165) is 24.2 Å². The van der Waals surface area contributed by atoms with Gasteiger partial charge >= 0.3 is 0 Å². The highest BCUT2D eigenvalue weighted by Crippen LogP contribution is 2.48. The standard InChI is InChI=1S/C27H23Cl2N2S/c1-3-30-21(12-9-18-7-5-6-8-24(18)30)17-27-31(4-2)25-15-19(10-14-26(25)32-27)22-16-20(28)11-13-23(22)29/h5-17H,3-4H2,1-2H3/q+1. The lowest BCUT2D eigenvalue weighted by Crippen LogP contribution is -2.36. The van der Waals surface area contributed by atoms with Crippen LogP contribution >= 0.6 is 35.0 Å². The van der Waals surface area contributed by atoms with E-state index in [4.69, 9.17) is 23.2 Å². The van der Waals surface area contributed by atoms with Crippen LogP contribution in [-0.4, -0.2) is 6.54 Å². The molecule has 1 aliphatic rings. The van der Waals surface area contributed by atoms with Gasteiger partial charge in [0.15, 0.2) is 0 Å². The zero-order chi connectivity index (χ0) is 22.2. The topological polar surface area (TPSA) is 7.12 Å². The molecule has 0 aliphatic carbocycles. The van der Waals surface area contributed by atoms with Crippen molar-refractivity contribution in [2.45, 2.75) is 25.3 Å². The number of hydrogen-bond donors (Lipinski definition) is 0. The number of aryl methyl sites for hydroxylation is 1. The molecule has 32 heavy (non-hydrogen) atoms. The molecule has 0 saturated carbocycles. The van der Waals surface area contributed by atoms with E-state index in [0.29, 0.717) is 10.0 Å². The van der Waals surface area contributed by atoms with Crippen LogP contribution in [-0.2, 0) is 6.54 Å². The van der Waals surface area contributed by atoms with Crippen molar-refractivity contribution in [1.82, 2.24) is 0 Å². The summed E-state index contributed by atoms with van der Waals surface area (Å²) in [5, 5.41) is 3.88. The molecule has 0 bridgehead atoms. The van der Waals surface area contributed by atoms with E-state index in [1.165, 1.54) is 32.2 Å². The largest absolute Gasteiger partial charge is 0.335 e. The number of benzene rings is 3. The number of aromatic nitrogens is 1. The second-order valence-corrected chi connectivity index (χ2v) is 9.60. The highest BCUT2D eigenvalue weighted by molar-refractivity contribution is 8.03. The zero-order valence-electron chi connectivity index (χ0n) is 18.0. The molecule has 1 aliphatic heterocycles. The van der Waals surface area contributed by atoms with Crippen LogP contribution in [0.5, 0.6) is 0 Å². The van der Waals surface area contributed by atoms with E-state index >= 15 is 0 Å². The number of fused-ring (bicyclic) bond motifs is 2. The molecule has 3 aromatic carbocycles.